The summed E-state index contributed by atoms with van der Waals surface area (Å²) in [6.07, 6.45) is 1.46. The standard InChI is InChI=1S/C10H20N6O/c1-4-16(5-6-17)10-8(11)9(12-7-13-10)14-15(2)3/h7,17H,4-6,11H2,1-3H3,(H,12,13,14). The predicted molar refractivity (Wildman–Crippen MR) is 68.7 cm³/mol. The summed E-state index contributed by atoms with van der Waals surface area (Å²) in [4.78, 5) is 10.1. The van der Waals surface area contributed by atoms with E-state index < -0.39 is 0 Å². The van der Waals surface area contributed by atoms with Crippen molar-refractivity contribution >= 4 is 17.3 Å². The third-order valence-corrected chi connectivity index (χ3v) is 2.24. The molecule has 0 atom stereocenters. The van der Waals surface area contributed by atoms with Crippen molar-refractivity contribution < 1.29 is 5.11 Å². The van der Waals surface area contributed by atoms with E-state index in [4.69, 9.17) is 10.8 Å². The van der Waals surface area contributed by atoms with Gasteiger partial charge in [0, 0.05) is 27.2 Å². The number of hydrogen-bond acceptors (Lipinski definition) is 7. The van der Waals surface area contributed by atoms with Crippen molar-refractivity contribution in [2.75, 3.05) is 49.9 Å². The van der Waals surface area contributed by atoms with Gasteiger partial charge in [-0.1, -0.05) is 0 Å². The van der Waals surface area contributed by atoms with Gasteiger partial charge >= 0.3 is 0 Å². The zero-order chi connectivity index (χ0) is 12.8. The number of likely N-dealkylation sites (N-methyl/N-ethyl adjacent to an activating group) is 1. The monoisotopic (exact) mass is 240 g/mol. The van der Waals surface area contributed by atoms with Gasteiger partial charge in [-0.05, 0) is 6.92 Å². The molecule has 0 amide bonds. The molecule has 7 nitrogen and oxygen atoms in total. The maximum Gasteiger partial charge on any atom is 0.169 e. The third kappa shape index (κ3) is 3.43. The molecular formula is C10H20N6O. The van der Waals surface area contributed by atoms with Crippen molar-refractivity contribution in [1.82, 2.24) is 15.0 Å². The summed E-state index contributed by atoms with van der Waals surface area (Å²) in [7, 11) is 3.71. The number of hydrogen-bond donors (Lipinski definition) is 3. The van der Waals surface area contributed by atoms with Gasteiger partial charge in [0.2, 0.25) is 0 Å². The zero-order valence-electron chi connectivity index (χ0n) is 10.5. The number of nitrogen functional groups attached to an aromatic ring is 1. The number of aromatic nitrogens is 2. The van der Waals surface area contributed by atoms with E-state index in [0.717, 1.165) is 6.54 Å². The lowest BCUT2D eigenvalue weighted by molar-refractivity contribution is 0.302. The number of nitrogens with one attached hydrogen (secondary N) is 1. The fourth-order valence-corrected chi connectivity index (χ4v) is 1.47. The molecule has 0 fully saturated rings. The lowest BCUT2D eigenvalue weighted by atomic mass is 10.4. The van der Waals surface area contributed by atoms with Crippen molar-refractivity contribution in [2.24, 2.45) is 0 Å². The third-order valence-electron chi connectivity index (χ3n) is 2.24. The lowest BCUT2D eigenvalue weighted by Crippen LogP contribution is -2.29. The van der Waals surface area contributed by atoms with Crippen LogP contribution in [0.3, 0.4) is 0 Å². The van der Waals surface area contributed by atoms with Crippen LogP contribution in [0.1, 0.15) is 6.92 Å². The summed E-state index contributed by atoms with van der Waals surface area (Å²) in [5.41, 5.74) is 9.49. The quantitative estimate of drug-likeness (QED) is 0.591. The Hall–Kier alpha value is -1.60. The molecule has 0 saturated heterocycles. The highest BCUT2D eigenvalue weighted by atomic mass is 16.3. The van der Waals surface area contributed by atoms with Crippen LogP contribution >= 0.6 is 0 Å². The van der Waals surface area contributed by atoms with E-state index in [9.17, 15) is 0 Å². The van der Waals surface area contributed by atoms with Gasteiger partial charge < -0.3 is 21.2 Å². The minimum absolute atomic E-state index is 0.0632. The number of anilines is 3. The Kier molecular flexibility index (Phi) is 4.92. The van der Waals surface area contributed by atoms with Crippen molar-refractivity contribution in [1.29, 1.82) is 0 Å². The molecule has 0 bridgehead atoms. The summed E-state index contributed by atoms with van der Waals surface area (Å²) in [6.45, 7) is 3.27. The van der Waals surface area contributed by atoms with Gasteiger partial charge in [-0.2, -0.15) is 0 Å². The smallest absolute Gasteiger partial charge is 0.169 e. The maximum absolute atomic E-state index is 8.98. The largest absolute Gasteiger partial charge is 0.395 e. The molecule has 0 aliphatic heterocycles. The van der Waals surface area contributed by atoms with Gasteiger partial charge in [-0.3, -0.25) is 0 Å². The van der Waals surface area contributed by atoms with E-state index in [0.29, 0.717) is 23.9 Å². The highest BCUT2D eigenvalue weighted by Gasteiger charge is 2.13. The van der Waals surface area contributed by atoms with Crippen LogP contribution in [-0.4, -0.2) is 53.9 Å². The van der Waals surface area contributed by atoms with Crippen LogP contribution in [0.4, 0.5) is 17.3 Å². The molecule has 0 aliphatic carbocycles. The summed E-state index contributed by atoms with van der Waals surface area (Å²) in [5.74, 6) is 1.21. The fraction of sp³-hybridized carbons (Fsp3) is 0.600. The maximum atomic E-state index is 8.98. The van der Waals surface area contributed by atoms with E-state index in [1.165, 1.54) is 6.33 Å². The second kappa shape index (κ2) is 6.21. The normalized spacial score (nSPS) is 10.6. The Morgan fingerprint density at radius 3 is 2.65 bits per heavy atom. The molecule has 0 saturated carbocycles. The second-order valence-electron chi connectivity index (χ2n) is 3.77. The number of aliphatic hydroxyl groups excluding tert-OH is 1. The molecular weight excluding hydrogens is 220 g/mol. The Morgan fingerprint density at radius 1 is 1.41 bits per heavy atom. The van der Waals surface area contributed by atoms with Crippen molar-refractivity contribution in [3.05, 3.63) is 6.33 Å². The van der Waals surface area contributed by atoms with Crippen LogP contribution in [0.25, 0.3) is 0 Å². The average Bonchev–Trinajstić information content (AvgIpc) is 2.29. The molecule has 17 heavy (non-hydrogen) atoms. The van der Waals surface area contributed by atoms with E-state index in [1.807, 2.05) is 25.9 Å². The first-order chi connectivity index (χ1) is 8.10. The minimum Gasteiger partial charge on any atom is -0.395 e. The molecule has 0 aliphatic rings. The first kappa shape index (κ1) is 13.5. The number of rotatable bonds is 6. The van der Waals surface area contributed by atoms with Crippen molar-refractivity contribution in [2.45, 2.75) is 6.92 Å². The van der Waals surface area contributed by atoms with E-state index in [1.54, 1.807) is 5.01 Å². The van der Waals surface area contributed by atoms with Gasteiger partial charge in [0.15, 0.2) is 11.6 Å². The van der Waals surface area contributed by atoms with Gasteiger partial charge in [0.05, 0.1) is 6.61 Å². The fourth-order valence-electron chi connectivity index (χ4n) is 1.47. The molecule has 1 heterocycles. The molecule has 4 N–H and O–H groups in total. The predicted octanol–water partition coefficient (Wildman–Crippen LogP) is -0.234. The summed E-state index contributed by atoms with van der Waals surface area (Å²) >= 11 is 0. The SMILES string of the molecule is CCN(CCO)c1ncnc(NN(C)C)c1N. The highest BCUT2D eigenvalue weighted by molar-refractivity contribution is 5.74. The van der Waals surface area contributed by atoms with E-state index >= 15 is 0 Å². The molecule has 0 radical (unpaired) electrons. The van der Waals surface area contributed by atoms with Crippen LogP contribution < -0.4 is 16.1 Å². The van der Waals surface area contributed by atoms with E-state index in [-0.39, 0.29) is 6.61 Å². The molecule has 1 rings (SSSR count). The van der Waals surface area contributed by atoms with E-state index in [2.05, 4.69) is 15.4 Å². The van der Waals surface area contributed by atoms with Crippen LogP contribution in [0.5, 0.6) is 0 Å². The Bertz CT molecular complexity index is 357. The number of hydrazine groups is 1. The van der Waals surface area contributed by atoms with Crippen LogP contribution in [0.2, 0.25) is 0 Å². The van der Waals surface area contributed by atoms with Gasteiger partial charge in [-0.25, -0.2) is 15.0 Å². The number of aliphatic hydroxyl groups is 1. The number of nitrogens with two attached hydrogens (primary N) is 1. The van der Waals surface area contributed by atoms with Gasteiger partial charge in [-0.15, -0.1) is 0 Å². The summed E-state index contributed by atoms with van der Waals surface area (Å²) in [5, 5.41) is 10.7. The molecule has 0 unspecified atom stereocenters. The average molecular weight is 240 g/mol. The van der Waals surface area contributed by atoms with Crippen molar-refractivity contribution in [3.8, 4) is 0 Å². The van der Waals surface area contributed by atoms with Gasteiger partial charge in [0.1, 0.15) is 12.0 Å². The molecule has 7 heteroatoms. The number of nitrogens with zero attached hydrogens (tertiary/aromatic N) is 4. The first-order valence-corrected chi connectivity index (χ1v) is 5.50. The molecule has 1 aromatic rings. The summed E-state index contributed by atoms with van der Waals surface area (Å²) in [6, 6.07) is 0. The molecule has 0 aromatic carbocycles. The van der Waals surface area contributed by atoms with Crippen LogP contribution in [0, 0.1) is 0 Å². The van der Waals surface area contributed by atoms with Crippen molar-refractivity contribution in [3.63, 3.8) is 0 Å². The van der Waals surface area contributed by atoms with Gasteiger partial charge in [0.25, 0.3) is 0 Å². The Balaban J connectivity index is 2.99. The first-order valence-electron chi connectivity index (χ1n) is 5.50. The highest BCUT2D eigenvalue weighted by Crippen LogP contribution is 2.25. The van der Waals surface area contributed by atoms with Crippen LogP contribution in [-0.2, 0) is 0 Å². The lowest BCUT2D eigenvalue weighted by Gasteiger charge is -2.23. The van der Waals surface area contributed by atoms with Crippen LogP contribution in [0.15, 0.2) is 6.33 Å². The minimum atomic E-state index is 0.0632. The Labute approximate surface area is 101 Å². The second-order valence-corrected chi connectivity index (χ2v) is 3.77. The molecule has 1 aromatic heterocycles. The molecule has 96 valence electrons. The Morgan fingerprint density at radius 2 is 2.12 bits per heavy atom. The zero-order valence-corrected chi connectivity index (χ0v) is 10.5. The summed E-state index contributed by atoms with van der Waals surface area (Å²) < 4.78 is 0. The molecule has 0 spiro atoms. The topological polar surface area (TPSA) is 90.5 Å².